The molecule has 1 amide bonds. The molecule has 0 bridgehead atoms. The third-order valence-corrected chi connectivity index (χ3v) is 8.30. The first-order chi connectivity index (χ1) is 14.3. The van der Waals surface area contributed by atoms with Gasteiger partial charge < -0.3 is 15.0 Å². The molecular formula is C21H23N3O4S2. The Morgan fingerprint density at radius 2 is 1.87 bits per heavy atom. The van der Waals surface area contributed by atoms with Gasteiger partial charge in [-0.3, -0.25) is 9.79 Å². The Hall–Kier alpha value is -2.52. The van der Waals surface area contributed by atoms with Crippen LogP contribution < -0.4 is 15.0 Å². The maximum absolute atomic E-state index is 12.8. The fourth-order valence-electron chi connectivity index (χ4n) is 3.48. The second kappa shape index (κ2) is 8.31. The van der Waals surface area contributed by atoms with Gasteiger partial charge in [-0.15, -0.1) is 0 Å². The molecule has 30 heavy (non-hydrogen) atoms. The molecule has 2 atom stereocenters. The number of benzene rings is 2. The van der Waals surface area contributed by atoms with Crippen LogP contribution in [-0.4, -0.2) is 55.9 Å². The van der Waals surface area contributed by atoms with Crippen LogP contribution in [-0.2, 0) is 14.6 Å². The molecule has 0 aromatic heterocycles. The van der Waals surface area contributed by atoms with Gasteiger partial charge in [-0.05, 0) is 43.3 Å². The molecule has 2 aliphatic heterocycles. The van der Waals surface area contributed by atoms with Crippen molar-refractivity contribution in [2.24, 2.45) is 4.99 Å². The third-order valence-electron chi connectivity index (χ3n) is 5.06. The number of nitrogens with zero attached hydrogens (tertiary/aromatic N) is 2. The summed E-state index contributed by atoms with van der Waals surface area (Å²) in [7, 11) is -1.44. The molecule has 2 aliphatic rings. The highest BCUT2D eigenvalue weighted by Crippen LogP contribution is 2.37. The number of hydrogen-bond acceptors (Lipinski definition) is 7. The Kier molecular flexibility index (Phi) is 5.75. The molecule has 0 radical (unpaired) electrons. The van der Waals surface area contributed by atoms with Crippen LogP contribution in [0.25, 0.3) is 0 Å². The zero-order chi connectivity index (χ0) is 21.3. The molecule has 0 spiro atoms. The fraction of sp³-hybridized carbons (Fsp3) is 0.333. The maximum atomic E-state index is 12.8. The van der Waals surface area contributed by atoms with Gasteiger partial charge in [0.15, 0.2) is 15.0 Å². The summed E-state index contributed by atoms with van der Waals surface area (Å²) in [4.78, 5) is 19.3. The van der Waals surface area contributed by atoms with Gasteiger partial charge in [-0.1, -0.05) is 29.5 Å². The largest absolute Gasteiger partial charge is 0.497 e. The van der Waals surface area contributed by atoms with Crippen LogP contribution in [0.4, 0.5) is 11.4 Å². The molecule has 1 fully saturated rings. The number of methoxy groups -OCH3 is 1. The molecule has 4 rings (SSSR count). The number of aryl methyl sites for hydroxylation is 1. The predicted octanol–water partition coefficient (Wildman–Crippen LogP) is 2.72. The van der Waals surface area contributed by atoms with Gasteiger partial charge >= 0.3 is 0 Å². The molecule has 2 aromatic carbocycles. The standard InChI is InChI=1S/C21H23N3O4S2/c1-14-3-5-15(6-4-14)22-20(25)11-24(16-7-9-17(28-2)10-8-16)21-23-18-12-30(26,27)13-19(18)29-21/h3-10,18-19H,11-13H2,1-2H3,(H,22,25)/t18-,19-/m0/s1. The number of anilines is 2. The van der Waals surface area contributed by atoms with E-state index in [-0.39, 0.29) is 35.2 Å². The van der Waals surface area contributed by atoms with Crippen LogP contribution in [0.15, 0.2) is 53.5 Å². The average molecular weight is 446 g/mol. The van der Waals surface area contributed by atoms with E-state index >= 15 is 0 Å². The van der Waals surface area contributed by atoms with Crippen molar-refractivity contribution in [3.8, 4) is 5.75 Å². The quantitative estimate of drug-likeness (QED) is 0.761. The minimum atomic E-state index is -3.04. The number of ether oxygens (including phenoxy) is 1. The number of thioether (sulfide) groups is 1. The van der Waals surface area contributed by atoms with E-state index in [0.29, 0.717) is 10.9 Å². The second-order valence-corrected chi connectivity index (χ2v) is 10.8. The fourth-order valence-corrected chi connectivity index (χ4v) is 7.26. The van der Waals surface area contributed by atoms with E-state index in [0.717, 1.165) is 16.9 Å². The van der Waals surface area contributed by atoms with Crippen molar-refractivity contribution in [2.45, 2.75) is 18.2 Å². The normalized spacial score (nSPS) is 21.6. The first-order valence-electron chi connectivity index (χ1n) is 9.56. The Morgan fingerprint density at radius 1 is 1.17 bits per heavy atom. The summed E-state index contributed by atoms with van der Waals surface area (Å²) in [5, 5.41) is 3.49. The Labute approximate surface area is 180 Å². The number of carbonyl (C=O) groups is 1. The van der Waals surface area contributed by atoms with Gasteiger partial charge in [0, 0.05) is 16.6 Å². The Bertz CT molecular complexity index is 1070. The molecule has 1 N–H and O–H groups in total. The van der Waals surface area contributed by atoms with Gasteiger partial charge in [0.25, 0.3) is 0 Å². The molecule has 9 heteroatoms. The molecular weight excluding hydrogens is 422 g/mol. The zero-order valence-electron chi connectivity index (χ0n) is 16.7. The lowest BCUT2D eigenvalue weighted by molar-refractivity contribution is -0.114. The van der Waals surface area contributed by atoms with E-state index in [9.17, 15) is 13.2 Å². The molecule has 0 unspecified atom stereocenters. The molecule has 7 nitrogen and oxygen atoms in total. The molecule has 158 valence electrons. The summed E-state index contributed by atoms with van der Waals surface area (Å²) in [5.74, 6) is 0.732. The van der Waals surface area contributed by atoms with E-state index in [2.05, 4.69) is 10.3 Å². The first-order valence-corrected chi connectivity index (χ1v) is 12.3. The van der Waals surface area contributed by atoms with E-state index in [1.165, 1.54) is 11.8 Å². The summed E-state index contributed by atoms with van der Waals surface area (Å²) in [5.41, 5.74) is 2.64. The summed E-state index contributed by atoms with van der Waals surface area (Å²) >= 11 is 1.43. The summed E-state index contributed by atoms with van der Waals surface area (Å²) < 4.78 is 29.0. The highest BCUT2D eigenvalue weighted by atomic mass is 32.2. The van der Waals surface area contributed by atoms with Crippen LogP contribution in [0, 0.1) is 6.92 Å². The van der Waals surface area contributed by atoms with Crippen molar-refractivity contribution >= 4 is 44.0 Å². The number of rotatable bonds is 5. The monoisotopic (exact) mass is 445 g/mol. The average Bonchev–Trinajstić information content (AvgIpc) is 3.21. The molecule has 0 saturated carbocycles. The van der Waals surface area contributed by atoms with Gasteiger partial charge in [-0.2, -0.15) is 0 Å². The predicted molar refractivity (Wildman–Crippen MR) is 121 cm³/mol. The van der Waals surface area contributed by atoms with E-state index in [1.54, 1.807) is 7.11 Å². The summed E-state index contributed by atoms with van der Waals surface area (Å²) in [6, 6.07) is 14.7. The number of fused-ring (bicyclic) bond motifs is 1. The second-order valence-electron chi connectivity index (χ2n) is 7.41. The van der Waals surface area contributed by atoms with Crippen LogP contribution in [0.3, 0.4) is 0 Å². The van der Waals surface area contributed by atoms with Crippen molar-refractivity contribution in [1.82, 2.24) is 0 Å². The Morgan fingerprint density at radius 3 is 2.50 bits per heavy atom. The summed E-state index contributed by atoms with van der Waals surface area (Å²) in [6.07, 6.45) is 0. The number of carbonyl (C=O) groups excluding carboxylic acids is 1. The SMILES string of the molecule is COc1ccc(N(CC(=O)Nc2ccc(C)cc2)C2=N[C@H]3CS(=O)(=O)C[C@@H]3S2)cc1. The minimum Gasteiger partial charge on any atom is -0.497 e. The number of hydrogen-bond donors (Lipinski definition) is 1. The van der Waals surface area contributed by atoms with Gasteiger partial charge in [-0.25, -0.2) is 8.42 Å². The zero-order valence-corrected chi connectivity index (χ0v) is 18.4. The smallest absolute Gasteiger partial charge is 0.244 e. The number of amidine groups is 1. The third kappa shape index (κ3) is 4.62. The molecule has 2 aromatic rings. The van der Waals surface area contributed by atoms with Crippen molar-refractivity contribution in [2.75, 3.05) is 35.4 Å². The van der Waals surface area contributed by atoms with E-state index in [4.69, 9.17) is 4.74 Å². The first kappa shape index (κ1) is 20.7. The minimum absolute atomic E-state index is 0.0677. The van der Waals surface area contributed by atoms with Crippen LogP contribution in [0.2, 0.25) is 0 Å². The summed E-state index contributed by atoms with van der Waals surface area (Å²) in [6.45, 7) is 2.06. The highest BCUT2D eigenvalue weighted by Gasteiger charge is 2.44. The number of sulfone groups is 1. The van der Waals surface area contributed by atoms with E-state index in [1.807, 2.05) is 60.4 Å². The highest BCUT2D eigenvalue weighted by molar-refractivity contribution is 8.15. The van der Waals surface area contributed by atoms with Crippen molar-refractivity contribution in [1.29, 1.82) is 0 Å². The van der Waals surface area contributed by atoms with Crippen molar-refractivity contribution in [3.05, 3.63) is 54.1 Å². The van der Waals surface area contributed by atoms with E-state index < -0.39 is 9.84 Å². The maximum Gasteiger partial charge on any atom is 0.244 e. The van der Waals surface area contributed by atoms with Gasteiger partial charge in [0.2, 0.25) is 5.91 Å². The van der Waals surface area contributed by atoms with Crippen molar-refractivity contribution < 1.29 is 17.9 Å². The Balaban J connectivity index is 1.56. The molecule has 2 heterocycles. The lowest BCUT2D eigenvalue weighted by Crippen LogP contribution is -2.36. The van der Waals surface area contributed by atoms with Gasteiger partial charge in [0.1, 0.15) is 12.3 Å². The molecule has 1 saturated heterocycles. The lowest BCUT2D eigenvalue weighted by Gasteiger charge is -2.24. The topological polar surface area (TPSA) is 88.1 Å². The van der Waals surface area contributed by atoms with Crippen molar-refractivity contribution in [3.63, 3.8) is 0 Å². The number of nitrogens with one attached hydrogen (secondary N) is 1. The van der Waals surface area contributed by atoms with Crippen LogP contribution in [0.5, 0.6) is 5.75 Å². The van der Waals surface area contributed by atoms with Gasteiger partial charge in [0.05, 0.1) is 24.7 Å². The van der Waals surface area contributed by atoms with Crippen LogP contribution in [0.1, 0.15) is 5.56 Å². The number of amides is 1. The van der Waals surface area contributed by atoms with Crippen LogP contribution >= 0.6 is 11.8 Å². The lowest BCUT2D eigenvalue weighted by atomic mass is 10.2. The molecule has 0 aliphatic carbocycles. The number of aliphatic imine (C=N–C) groups is 1.